The van der Waals surface area contributed by atoms with Gasteiger partial charge in [-0.1, -0.05) is 25.1 Å². The molecular formula is C21H26N2O6. The van der Waals surface area contributed by atoms with E-state index in [0.717, 1.165) is 5.75 Å². The van der Waals surface area contributed by atoms with E-state index in [0.29, 0.717) is 19.4 Å². The molecule has 1 amide bonds. The van der Waals surface area contributed by atoms with Crippen molar-refractivity contribution in [1.29, 1.82) is 0 Å². The summed E-state index contributed by atoms with van der Waals surface area (Å²) in [5.41, 5.74) is -0.222. The molecule has 1 aromatic carbocycles. The minimum Gasteiger partial charge on any atom is -0.503 e. The van der Waals surface area contributed by atoms with Gasteiger partial charge >= 0.3 is 5.97 Å². The zero-order valence-electron chi connectivity index (χ0n) is 16.8. The number of aromatic nitrogens is 1. The van der Waals surface area contributed by atoms with Crippen LogP contribution in [-0.2, 0) is 9.53 Å². The topological polar surface area (TPSA) is 107 Å². The molecule has 0 aliphatic carbocycles. The van der Waals surface area contributed by atoms with Crippen LogP contribution < -0.4 is 14.8 Å². The van der Waals surface area contributed by atoms with E-state index < -0.39 is 17.9 Å². The third kappa shape index (κ3) is 6.38. The first-order valence-electron chi connectivity index (χ1n) is 9.37. The number of hydrogen-bond acceptors (Lipinski definition) is 7. The highest BCUT2D eigenvalue weighted by Gasteiger charge is 2.25. The Morgan fingerprint density at radius 3 is 2.59 bits per heavy atom. The summed E-state index contributed by atoms with van der Waals surface area (Å²) in [6.45, 7) is 3.90. The maximum absolute atomic E-state index is 12.4. The van der Waals surface area contributed by atoms with Gasteiger partial charge in [0, 0.05) is 18.7 Å². The first-order valence-corrected chi connectivity index (χ1v) is 9.37. The molecule has 0 spiro atoms. The Hall–Kier alpha value is -3.29. The van der Waals surface area contributed by atoms with E-state index in [4.69, 9.17) is 14.2 Å². The van der Waals surface area contributed by atoms with E-state index >= 15 is 0 Å². The average molecular weight is 402 g/mol. The van der Waals surface area contributed by atoms with Crippen molar-refractivity contribution in [1.82, 2.24) is 10.3 Å². The van der Waals surface area contributed by atoms with E-state index in [1.165, 1.54) is 19.4 Å². The number of benzene rings is 1. The second-order valence-corrected chi connectivity index (χ2v) is 6.34. The summed E-state index contributed by atoms with van der Waals surface area (Å²) >= 11 is 0. The van der Waals surface area contributed by atoms with Gasteiger partial charge in [-0.25, -0.2) is 9.78 Å². The molecule has 0 saturated heterocycles. The third-order valence-electron chi connectivity index (χ3n) is 4.17. The van der Waals surface area contributed by atoms with Crippen molar-refractivity contribution in [2.45, 2.75) is 38.8 Å². The van der Waals surface area contributed by atoms with Crippen LogP contribution in [0.3, 0.4) is 0 Å². The molecule has 8 nitrogen and oxygen atoms in total. The Labute approximate surface area is 169 Å². The molecule has 2 rings (SSSR count). The highest BCUT2D eigenvalue weighted by atomic mass is 16.5. The van der Waals surface area contributed by atoms with Crippen molar-refractivity contribution in [2.75, 3.05) is 13.7 Å². The largest absolute Gasteiger partial charge is 0.503 e. The number of ether oxygens (including phenoxy) is 3. The molecule has 2 N–H and O–H groups in total. The number of nitrogens with one attached hydrogen (secondary N) is 1. The van der Waals surface area contributed by atoms with Crippen LogP contribution in [0, 0.1) is 0 Å². The molecule has 0 radical (unpaired) electrons. The number of aromatic hydroxyl groups is 1. The Bertz CT molecular complexity index is 812. The number of carbonyl (C=O) groups is 2. The fourth-order valence-corrected chi connectivity index (χ4v) is 2.52. The second kappa shape index (κ2) is 10.9. The van der Waals surface area contributed by atoms with Crippen molar-refractivity contribution in [3.05, 3.63) is 48.3 Å². The normalized spacial score (nSPS) is 12.5. The maximum Gasteiger partial charge on any atom is 0.328 e. The van der Waals surface area contributed by atoms with Crippen molar-refractivity contribution >= 4 is 11.9 Å². The number of methoxy groups -OCH3 is 1. The van der Waals surface area contributed by atoms with Gasteiger partial charge in [0.1, 0.15) is 17.9 Å². The lowest BCUT2D eigenvalue weighted by Crippen LogP contribution is -2.42. The van der Waals surface area contributed by atoms with E-state index in [2.05, 4.69) is 10.3 Å². The second-order valence-electron chi connectivity index (χ2n) is 6.34. The first kappa shape index (κ1) is 22.0. The highest BCUT2D eigenvalue weighted by molar-refractivity contribution is 5.97. The van der Waals surface area contributed by atoms with Crippen LogP contribution >= 0.6 is 0 Å². The van der Waals surface area contributed by atoms with Crippen LogP contribution in [0.15, 0.2) is 42.6 Å². The Kier molecular flexibility index (Phi) is 8.27. The molecule has 1 aromatic heterocycles. The van der Waals surface area contributed by atoms with Crippen LogP contribution in [0.25, 0.3) is 0 Å². The summed E-state index contributed by atoms with van der Waals surface area (Å²) < 4.78 is 16.0. The molecule has 0 fully saturated rings. The van der Waals surface area contributed by atoms with Gasteiger partial charge in [-0.2, -0.15) is 0 Å². The number of amides is 1. The lowest BCUT2D eigenvalue weighted by molar-refractivity contribution is -0.151. The molecule has 8 heteroatoms. The predicted octanol–water partition coefficient (Wildman–Crippen LogP) is 2.71. The van der Waals surface area contributed by atoms with Crippen molar-refractivity contribution in [3.8, 4) is 17.2 Å². The zero-order valence-corrected chi connectivity index (χ0v) is 16.8. The number of nitrogens with zero attached hydrogens (tertiary/aromatic N) is 1. The number of hydrogen-bond donors (Lipinski definition) is 2. The summed E-state index contributed by atoms with van der Waals surface area (Å²) in [6, 6.07) is 9.91. The van der Waals surface area contributed by atoms with Crippen molar-refractivity contribution in [3.63, 3.8) is 0 Å². The summed E-state index contributed by atoms with van der Waals surface area (Å²) in [5, 5.41) is 12.6. The number of para-hydroxylation sites is 1. The van der Waals surface area contributed by atoms with Gasteiger partial charge in [0.25, 0.3) is 5.91 Å². The molecule has 0 aliphatic heterocycles. The minimum absolute atomic E-state index is 0.118. The van der Waals surface area contributed by atoms with Gasteiger partial charge in [-0.05, 0) is 25.5 Å². The summed E-state index contributed by atoms with van der Waals surface area (Å²) in [5.74, 6) is -0.772. The van der Waals surface area contributed by atoms with E-state index in [9.17, 15) is 14.7 Å². The summed E-state index contributed by atoms with van der Waals surface area (Å²) in [7, 11) is 1.37. The van der Waals surface area contributed by atoms with Crippen LogP contribution in [-0.4, -0.2) is 47.8 Å². The van der Waals surface area contributed by atoms with Gasteiger partial charge in [-0.15, -0.1) is 0 Å². The number of esters is 1. The molecule has 0 unspecified atom stereocenters. The minimum atomic E-state index is -0.868. The first-order chi connectivity index (χ1) is 14.0. The number of pyridine rings is 1. The van der Waals surface area contributed by atoms with E-state index in [-0.39, 0.29) is 23.3 Å². The average Bonchev–Trinajstić information content (AvgIpc) is 2.72. The van der Waals surface area contributed by atoms with Gasteiger partial charge in [-0.3, -0.25) is 4.79 Å². The van der Waals surface area contributed by atoms with Crippen LogP contribution in [0.5, 0.6) is 17.2 Å². The molecule has 2 aromatic rings. The van der Waals surface area contributed by atoms with Gasteiger partial charge in [0.2, 0.25) is 0 Å². The molecule has 0 bridgehead atoms. The molecule has 29 heavy (non-hydrogen) atoms. The van der Waals surface area contributed by atoms with Gasteiger partial charge in [0.05, 0.1) is 13.7 Å². The van der Waals surface area contributed by atoms with Crippen molar-refractivity contribution in [2.24, 2.45) is 0 Å². The summed E-state index contributed by atoms with van der Waals surface area (Å²) in [4.78, 5) is 28.7. The maximum atomic E-state index is 12.4. The monoisotopic (exact) mass is 402 g/mol. The summed E-state index contributed by atoms with van der Waals surface area (Å²) in [6.07, 6.45) is 1.77. The fourth-order valence-electron chi connectivity index (χ4n) is 2.52. The Morgan fingerprint density at radius 1 is 1.21 bits per heavy atom. The zero-order chi connectivity index (χ0) is 21.2. The molecular weight excluding hydrogens is 376 g/mol. The van der Waals surface area contributed by atoms with E-state index in [1.54, 1.807) is 13.8 Å². The smallest absolute Gasteiger partial charge is 0.328 e. The lowest BCUT2D eigenvalue weighted by Gasteiger charge is -2.20. The Morgan fingerprint density at radius 2 is 1.93 bits per heavy atom. The van der Waals surface area contributed by atoms with Crippen molar-refractivity contribution < 1.29 is 28.9 Å². The third-order valence-corrected chi connectivity index (χ3v) is 4.17. The lowest BCUT2D eigenvalue weighted by atomic mass is 10.2. The molecule has 1 heterocycles. The number of rotatable bonds is 10. The van der Waals surface area contributed by atoms with E-state index in [1.807, 2.05) is 30.3 Å². The SMILES string of the molecule is CC[C@H](NC(=O)c1nccc(OC)c1O)C(=O)O[C@@H](C)CCOc1ccccc1. The molecule has 0 aliphatic rings. The van der Waals surface area contributed by atoms with Gasteiger partial charge in [0.15, 0.2) is 17.2 Å². The number of carbonyl (C=O) groups excluding carboxylic acids is 2. The van der Waals surface area contributed by atoms with Gasteiger partial charge < -0.3 is 24.6 Å². The predicted molar refractivity (Wildman–Crippen MR) is 106 cm³/mol. The quantitative estimate of drug-likeness (QED) is 0.589. The highest BCUT2D eigenvalue weighted by Crippen LogP contribution is 2.27. The van der Waals surface area contributed by atoms with Crippen LogP contribution in [0.2, 0.25) is 0 Å². The fraction of sp³-hybridized carbons (Fsp3) is 0.381. The Balaban J connectivity index is 1.87. The molecule has 156 valence electrons. The van der Waals surface area contributed by atoms with Crippen LogP contribution in [0.4, 0.5) is 0 Å². The van der Waals surface area contributed by atoms with Crippen LogP contribution in [0.1, 0.15) is 37.2 Å². The molecule has 0 saturated carbocycles. The standard InChI is InChI=1S/C21H26N2O6/c1-4-16(23-20(25)18-19(24)17(27-3)10-12-22-18)21(26)29-14(2)11-13-28-15-8-6-5-7-9-15/h5-10,12,14,16,24H,4,11,13H2,1-3H3,(H,23,25)/t14-,16-/m0/s1. The molecule has 2 atom stereocenters.